The maximum absolute atomic E-state index is 12.8. The van der Waals surface area contributed by atoms with Crippen LogP contribution < -0.4 is 0 Å². The first-order valence-corrected chi connectivity index (χ1v) is 9.70. The molecule has 2 saturated heterocycles. The molecular formula is C19H32N4O2. The minimum Gasteiger partial charge on any atom is -0.375 e. The summed E-state index contributed by atoms with van der Waals surface area (Å²) >= 11 is 0. The van der Waals surface area contributed by atoms with Gasteiger partial charge in [-0.15, -0.1) is 0 Å². The van der Waals surface area contributed by atoms with Crippen molar-refractivity contribution in [3.63, 3.8) is 0 Å². The number of amides is 1. The van der Waals surface area contributed by atoms with Crippen LogP contribution in [0.5, 0.6) is 0 Å². The van der Waals surface area contributed by atoms with Crippen molar-refractivity contribution in [2.45, 2.75) is 58.5 Å². The van der Waals surface area contributed by atoms with Crippen LogP contribution in [0.2, 0.25) is 0 Å². The minimum absolute atomic E-state index is 0.147. The number of ether oxygens (including phenoxy) is 1. The fourth-order valence-corrected chi connectivity index (χ4v) is 4.19. The first-order valence-electron chi connectivity index (χ1n) is 9.70. The van der Waals surface area contributed by atoms with Gasteiger partial charge in [0.2, 0.25) is 5.91 Å². The molecule has 1 N–H and O–H groups in total. The van der Waals surface area contributed by atoms with Crippen molar-refractivity contribution in [1.29, 1.82) is 0 Å². The highest BCUT2D eigenvalue weighted by atomic mass is 16.5. The number of carbonyl (C=O) groups is 1. The molecule has 0 radical (unpaired) electrons. The van der Waals surface area contributed by atoms with E-state index < -0.39 is 0 Å². The predicted octanol–water partition coefficient (Wildman–Crippen LogP) is 2.23. The van der Waals surface area contributed by atoms with Crippen LogP contribution in [0.15, 0.2) is 0 Å². The van der Waals surface area contributed by atoms with Crippen LogP contribution in [0, 0.1) is 13.8 Å². The van der Waals surface area contributed by atoms with Crippen LogP contribution in [-0.4, -0.2) is 71.3 Å². The Balaban J connectivity index is 1.44. The Bertz CT molecular complexity index is 560. The van der Waals surface area contributed by atoms with E-state index in [0.29, 0.717) is 0 Å². The number of nitrogens with zero attached hydrogens (tertiary/aromatic N) is 3. The van der Waals surface area contributed by atoms with Gasteiger partial charge in [0.1, 0.15) is 0 Å². The van der Waals surface area contributed by atoms with E-state index in [1.165, 1.54) is 32.4 Å². The van der Waals surface area contributed by atoms with E-state index >= 15 is 0 Å². The SMILES string of the molecule is Cc1n[nH]c(C)c1C(C)C(=O)N1CCC(OCCN2CCCCC2)C1. The molecule has 1 aromatic heterocycles. The summed E-state index contributed by atoms with van der Waals surface area (Å²) in [5.74, 6) is 0.0422. The second kappa shape index (κ2) is 8.32. The average Bonchev–Trinajstić information content (AvgIpc) is 3.21. The summed E-state index contributed by atoms with van der Waals surface area (Å²) in [4.78, 5) is 17.3. The van der Waals surface area contributed by atoms with Gasteiger partial charge in [0.05, 0.1) is 24.3 Å². The number of piperidine rings is 1. The molecule has 2 aliphatic heterocycles. The topological polar surface area (TPSA) is 61.5 Å². The van der Waals surface area contributed by atoms with E-state index in [0.717, 1.165) is 49.6 Å². The van der Waals surface area contributed by atoms with Gasteiger partial charge < -0.3 is 14.5 Å². The first kappa shape index (κ1) is 18.4. The van der Waals surface area contributed by atoms with Gasteiger partial charge in [-0.05, 0) is 53.1 Å². The van der Waals surface area contributed by atoms with E-state index in [-0.39, 0.29) is 17.9 Å². The molecule has 3 heterocycles. The Morgan fingerprint density at radius 2 is 2.04 bits per heavy atom. The van der Waals surface area contributed by atoms with Crippen molar-refractivity contribution in [2.24, 2.45) is 0 Å². The molecule has 0 bridgehead atoms. The molecule has 2 unspecified atom stereocenters. The predicted molar refractivity (Wildman–Crippen MR) is 97.7 cm³/mol. The molecule has 0 aliphatic carbocycles. The first-order chi connectivity index (χ1) is 12.1. The number of nitrogens with one attached hydrogen (secondary N) is 1. The molecule has 6 heteroatoms. The molecule has 2 aliphatic rings. The lowest BCUT2D eigenvalue weighted by molar-refractivity contribution is -0.132. The average molecular weight is 348 g/mol. The van der Waals surface area contributed by atoms with Gasteiger partial charge in [0, 0.05) is 30.9 Å². The van der Waals surface area contributed by atoms with Crippen LogP contribution >= 0.6 is 0 Å². The zero-order chi connectivity index (χ0) is 17.8. The number of aromatic amines is 1. The van der Waals surface area contributed by atoms with Crippen LogP contribution in [0.3, 0.4) is 0 Å². The smallest absolute Gasteiger partial charge is 0.230 e. The lowest BCUT2D eigenvalue weighted by Gasteiger charge is -2.26. The summed E-state index contributed by atoms with van der Waals surface area (Å²) in [5, 5.41) is 7.20. The third kappa shape index (κ3) is 4.42. The van der Waals surface area contributed by atoms with Gasteiger partial charge in [0.15, 0.2) is 0 Å². The standard InChI is InChI=1S/C19H32N4O2/c1-14(18-15(2)20-21-16(18)3)19(24)23-10-7-17(13-23)25-12-11-22-8-5-4-6-9-22/h14,17H,4-13H2,1-3H3,(H,20,21). The second-order valence-corrected chi connectivity index (χ2v) is 7.54. The van der Waals surface area contributed by atoms with Gasteiger partial charge in [0.25, 0.3) is 0 Å². The molecule has 0 spiro atoms. The number of aromatic nitrogens is 2. The molecule has 2 atom stereocenters. The van der Waals surface area contributed by atoms with Crippen LogP contribution in [0.4, 0.5) is 0 Å². The number of hydrogen-bond donors (Lipinski definition) is 1. The summed E-state index contributed by atoms with van der Waals surface area (Å²) in [6, 6.07) is 0. The Kier molecular flexibility index (Phi) is 6.12. The maximum Gasteiger partial charge on any atom is 0.230 e. The normalized spacial score (nSPS) is 23.2. The zero-order valence-corrected chi connectivity index (χ0v) is 15.9. The molecule has 1 amide bonds. The zero-order valence-electron chi connectivity index (χ0n) is 15.9. The monoisotopic (exact) mass is 348 g/mol. The van der Waals surface area contributed by atoms with Crippen LogP contribution in [0.25, 0.3) is 0 Å². The number of carbonyl (C=O) groups excluding carboxylic acids is 1. The number of hydrogen-bond acceptors (Lipinski definition) is 4. The number of H-pyrrole nitrogens is 1. The van der Waals surface area contributed by atoms with Crippen molar-refractivity contribution >= 4 is 5.91 Å². The van der Waals surface area contributed by atoms with Gasteiger partial charge in [-0.25, -0.2) is 0 Å². The number of aryl methyl sites for hydroxylation is 2. The van der Waals surface area contributed by atoms with E-state index in [9.17, 15) is 4.79 Å². The van der Waals surface area contributed by atoms with E-state index in [1.54, 1.807) is 0 Å². The van der Waals surface area contributed by atoms with Crippen molar-refractivity contribution in [3.05, 3.63) is 17.0 Å². The third-order valence-electron chi connectivity index (χ3n) is 5.65. The molecule has 25 heavy (non-hydrogen) atoms. The Morgan fingerprint density at radius 3 is 2.72 bits per heavy atom. The number of likely N-dealkylation sites (tertiary alicyclic amines) is 2. The molecule has 0 saturated carbocycles. The maximum atomic E-state index is 12.8. The highest BCUT2D eigenvalue weighted by Crippen LogP contribution is 2.25. The Hall–Kier alpha value is -1.40. The summed E-state index contributed by atoms with van der Waals surface area (Å²) in [5.41, 5.74) is 2.96. The molecule has 6 nitrogen and oxygen atoms in total. The Labute approximate surface area is 150 Å². The van der Waals surface area contributed by atoms with Gasteiger partial charge in [-0.3, -0.25) is 9.89 Å². The molecular weight excluding hydrogens is 316 g/mol. The molecule has 3 rings (SSSR count). The number of rotatable bonds is 6. The lowest BCUT2D eigenvalue weighted by atomic mass is 9.98. The molecule has 140 valence electrons. The third-order valence-corrected chi connectivity index (χ3v) is 5.65. The summed E-state index contributed by atoms with van der Waals surface area (Å²) in [6.07, 6.45) is 5.13. The van der Waals surface area contributed by atoms with Gasteiger partial charge in [-0.2, -0.15) is 5.10 Å². The van der Waals surface area contributed by atoms with Crippen molar-refractivity contribution < 1.29 is 9.53 Å². The van der Waals surface area contributed by atoms with E-state index in [4.69, 9.17) is 4.74 Å². The largest absolute Gasteiger partial charge is 0.375 e. The van der Waals surface area contributed by atoms with Crippen molar-refractivity contribution in [1.82, 2.24) is 20.0 Å². The second-order valence-electron chi connectivity index (χ2n) is 7.54. The van der Waals surface area contributed by atoms with Gasteiger partial charge in [-0.1, -0.05) is 6.42 Å². The summed E-state index contributed by atoms with van der Waals surface area (Å²) in [7, 11) is 0. The minimum atomic E-state index is -0.147. The summed E-state index contributed by atoms with van der Waals surface area (Å²) in [6.45, 7) is 11.7. The highest BCUT2D eigenvalue weighted by Gasteiger charge is 2.31. The van der Waals surface area contributed by atoms with E-state index in [1.807, 2.05) is 25.7 Å². The van der Waals surface area contributed by atoms with Gasteiger partial charge >= 0.3 is 0 Å². The lowest BCUT2D eigenvalue weighted by Crippen LogP contribution is -2.35. The van der Waals surface area contributed by atoms with Crippen molar-refractivity contribution in [2.75, 3.05) is 39.3 Å². The fraction of sp³-hybridized carbons (Fsp3) is 0.789. The molecule has 0 aromatic carbocycles. The Morgan fingerprint density at radius 1 is 1.28 bits per heavy atom. The molecule has 2 fully saturated rings. The summed E-state index contributed by atoms with van der Waals surface area (Å²) < 4.78 is 6.05. The molecule has 1 aromatic rings. The van der Waals surface area contributed by atoms with Crippen molar-refractivity contribution in [3.8, 4) is 0 Å². The van der Waals surface area contributed by atoms with Crippen LogP contribution in [0.1, 0.15) is 55.5 Å². The fourth-order valence-electron chi connectivity index (χ4n) is 4.19. The van der Waals surface area contributed by atoms with Crippen LogP contribution in [-0.2, 0) is 9.53 Å². The highest BCUT2D eigenvalue weighted by molar-refractivity contribution is 5.84. The van der Waals surface area contributed by atoms with E-state index in [2.05, 4.69) is 15.1 Å². The quantitative estimate of drug-likeness (QED) is 0.856.